The predicted molar refractivity (Wildman–Crippen MR) is 97.2 cm³/mol. The van der Waals surface area contributed by atoms with E-state index in [0.29, 0.717) is 13.2 Å². The fourth-order valence-corrected chi connectivity index (χ4v) is 3.32. The Morgan fingerprint density at radius 1 is 1.19 bits per heavy atom. The lowest BCUT2D eigenvalue weighted by molar-refractivity contribution is -0.232. The van der Waals surface area contributed by atoms with Gasteiger partial charge in [-0.2, -0.15) is 0 Å². The first-order valence-corrected chi connectivity index (χ1v) is 9.57. The summed E-state index contributed by atoms with van der Waals surface area (Å²) in [4.78, 5) is 0. The maximum atomic E-state index is 10.1. The zero-order valence-electron chi connectivity index (χ0n) is 16.2. The van der Waals surface area contributed by atoms with Gasteiger partial charge in [0.1, 0.15) is 30.2 Å². The van der Waals surface area contributed by atoms with Crippen molar-refractivity contribution in [2.24, 2.45) is 0 Å². The van der Waals surface area contributed by atoms with Gasteiger partial charge in [0.05, 0.1) is 19.8 Å². The van der Waals surface area contributed by atoms with Gasteiger partial charge < -0.3 is 33.9 Å². The van der Waals surface area contributed by atoms with Crippen molar-refractivity contribution in [2.75, 3.05) is 13.2 Å². The molecule has 1 aromatic rings. The van der Waals surface area contributed by atoms with Crippen LogP contribution >= 0.6 is 0 Å². The van der Waals surface area contributed by atoms with Crippen molar-refractivity contribution in [3.63, 3.8) is 0 Å². The van der Waals surface area contributed by atoms with Crippen molar-refractivity contribution >= 4 is 0 Å². The molecule has 2 N–H and O–H groups in total. The molecule has 0 spiro atoms. The molecule has 2 saturated heterocycles. The summed E-state index contributed by atoms with van der Waals surface area (Å²) in [5, 5.41) is 19.4. The molecule has 0 saturated carbocycles. The lowest BCUT2D eigenvalue weighted by Crippen LogP contribution is -2.44. The van der Waals surface area contributed by atoms with Crippen molar-refractivity contribution < 1.29 is 33.9 Å². The number of hydrogen-bond acceptors (Lipinski definition) is 7. The fraction of sp³-hybridized carbons (Fsp3) is 0.700. The molecule has 0 amide bonds. The second kappa shape index (κ2) is 8.86. The quantitative estimate of drug-likeness (QED) is 0.632. The third kappa shape index (κ3) is 4.99. The first kappa shape index (κ1) is 20.5. The van der Waals surface area contributed by atoms with E-state index in [-0.39, 0.29) is 0 Å². The minimum Gasteiger partial charge on any atom is -0.494 e. The number of rotatable bonds is 9. The molecular formula is C20H30O7. The summed E-state index contributed by atoms with van der Waals surface area (Å²) in [7, 11) is 0. The normalized spacial score (nSPS) is 30.3. The van der Waals surface area contributed by atoms with E-state index in [9.17, 15) is 10.2 Å². The number of aliphatic hydroxyl groups is 2. The van der Waals surface area contributed by atoms with Crippen LogP contribution in [-0.4, -0.2) is 59.9 Å². The van der Waals surface area contributed by atoms with E-state index in [2.05, 4.69) is 6.92 Å². The van der Waals surface area contributed by atoms with Crippen molar-refractivity contribution in [1.82, 2.24) is 0 Å². The van der Waals surface area contributed by atoms with Gasteiger partial charge in [-0.3, -0.25) is 0 Å². The molecule has 0 aliphatic carbocycles. The standard InChI is InChI=1S/C20H30O7/c1-4-5-10-23-14-8-6-13(7-9-14)12-24-17-16(15(22)11-21)25-19-18(17)26-20(2,3)27-19/h6-9,15-19,21-22H,4-5,10-12H2,1-3H3/t15?,16-,17+,18-,19-/m1/s1. The number of benzene rings is 1. The zero-order valence-corrected chi connectivity index (χ0v) is 16.2. The van der Waals surface area contributed by atoms with E-state index in [1.807, 2.05) is 24.3 Å². The summed E-state index contributed by atoms with van der Waals surface area (Å²) in [6, 6.07) is 7.73. The zero-order chi connectivity index (χ0) is 19.4. The molecular weight excluding hydrogens is 352 g/mol. The van der Waals surface area contributed by atoms with E-state index in [1.54, 1.807) is 13.8 Å². The Kier molecular flexibility index (Phi) is 6.73. The molecule has 7 heteroatoms. The SMILES string of the molecule is CCCCOc1ccc(CO[C@@H]2[C@H]3OC(C)(C)O[C@H]3O[C@@H]2C(O)CO)cc1. The van der Waals surface area contributed by atoms with Crippen LogP contribution < -0.4 is 4.74 Å². The van der Waals surface area contributed by atoms with Gasteiger partial charge in [-0.15, -0.1) is 0 Å². The third-order valence-electron chi connectivity index (χ3n) is 4.73. The number of ether oxygens (including phenoxy) is 5. The first-order chi connectivity index (χ1) is 12.9. The minimum absolute atomic E-state index is 0.324. The smallest absolute Gasteiger partial charge is 0.190 e. The van der Waals surface area contributed by atoms with Crippen molar-refractivity contribution in [2.45, 2.75) is 76.7 Å². The van der Waals surface area contributed by atoms with E-state index in [4.69, 9.17) is 23.7 Å². The number of fused-ring (bicyclic) bond motifs is 1. The van der Waals surface area contributed by atoms with E-state index in [0.717, 1.165) is 24.2 Å². The Bertz CT molecular complexity index is 588. The molecule has 0 radical (unpaired) electrons. The summed E-state index contributed by atoms with van der Waals surface area (Å²) in [6.45, 7) is 6.36. The lowest BCUT2D eigenvalue weighted by atomic mass is 10.1. The molecule has 3 rings (SSSR count). The summed E-state index contributed by atoms with van der Waals surface area (Å²) >= 11 is 0. The summed E-state index contributed by atoms with van der Waals surface area (Å²) in [6.07, 6.45) is -1.26. The molecule has 2 aliphatic heterocycles. The highest BCUT2D eigenvalue weighted by Gasteiger charge is 2.56. The first-order valence-electron chi connectivity index (χ1n) is 9.57. The van der Waals surface area contributed by atoms with Crippen LogP contribution in [0.25, 0.3) is 0 Å². The van der Waals surface area contributed by atoms with Gasteiger partial charge in [-0.25, -0.2) is 0 Å². The topological polar surface area (TPSA) is 86.6 Å². The molecule has 2 aliphatic rings. The van der Waals surface area contributed by atoms with Gasteiger partial charge in [0.2, 0.25) is 0 Å². The summed E-state index contributed by atoms with van der Waals surface area (Å²) < 4.78 is 29.0. The minimum atomic E-state index is -1.06. The Morgan fingerprint density at radius 2 is 1.93 bits per heavy atom. The van der Waals surface area contributed by atoms with Gasteiger partial charge in [0, 0.05) is 0 Å². The van der Waals surface area contributed by atoms with E-state index < -0.39 is 43.1 Å². The molecule has 5 atom stereocenters. The molecule has 1 unspecified atom stereocenters. The van der Waals surface area contributed by atoms with Crippen molar-refractivity contribution in [3.05, 3.63) is 29.8 Å². The van der Waals surface area contributed by atoms with Gasteiger partial charge in [-0.1, -0.05) is 25.5 Å². The molecule has 1 aromatic carbocycles. The Hall–Kier alpha value is -1.22. The second-order valence-corrected chi connectivity index (χ2v) is 7.44. The van der Waals surface area contributed by atoms with Crippen molar-refractivity contribution in [3.8, 4) is 5.75 Å². The fourth-order valence-electron chi connectivity index (χ4n) is 3.32. The van der Waals surface area contributed by atoms with Crippen LogP contribution in [0.2, 0.25) is 0 Å². The monoisotopic (exact) mass is 382 g/mol. The van der Waals surface area contributed by atoms with Crippen LogP contribution in [0.3, 0.4) is 0 Å². The van der Waals surface area contributed by atoms with Crippen molar-refractivity contribution in [1.29, 1.82) is 0 Å². The second-order valence-electron chi connectivity index (χ2n) is 7.44. The van der Waals surface area contributed by atoms with E-state index in [1.165, 1.54) is 0 Å². The molecule has 2 heterocycles. The number of hydrogen-bond donors (Lipinski definition) is 2. The average Bonchev–Trinajstić information content (AvgIpc) is 3.12. The largest absolute Gasteiger partial charge is 0.494 e. The maximum absolute atomic E-state index is 10.1. The third-order valence-corrected chi connectivity index (χ3v) is 4.73. The number of aliphatic hydroxyl groups excluding tert-OH is 2. The van der Waals surface area contributed by atoms with Crippen LogP contribution in [0.4, 0.5) is 0 Å². The highest BCUT2D eigenvalue weighted by atomic mass is 16.8. The highest BCUT2D eigenvalue weighted by molar-refractivity contribution is 5.26. The average molecular weight is 382 g/mol. The molecule has 7 nitrogen and oxygen atoms in total. The van der Waals surface area contributed by atoms with Crippen LogP contribution in [0.1, 0.15) is 39.2 Å². The Balaban J connectivity index is 1.60. The summed E-state index contributed by atoms with van der Waals surface area (Å²) in [5.41, 5.74) is 0.969. The molecule has 27 heavy (non-hydrogen) atoms. The van der Waals surface area contributed by atoms with Gasteiger partial charge >= 0.3 is 0 Å². The molecule has 152 valence electrons. The van der Waals surface area contributed by atoms with Crippen LogP contribution in [0.5, 0.6) is 5.75 Å². The van der Waals surface area contributed by atoms with Gasteiger partial charge in [0.15, 0.2) is 12.1 Å². The van der Waals surface area contributed by atoms with Crippen LogP contribution in [-0.2, 0) is 25.6 Å². The lowest BCUT2D eigenvalue weighted by Gasteiger charge is -2.28. The maximum Gasteiger partial charge on any atom is 0.190 e. The number of unbranched alkanes of at least 4 members (excludes halogenated alkanes) is 1. The Morgan fingerprint density at radius 3 is 2.59 bits per heavy atom. The Labute approximate surface area is 160 Å². The highest BCUT2D eigenvalue weighted by Crippen LogP contribution is 2.39. The molecule has 0 aromatic heterocycles. The van der Waals surface area contributed by atoms with E-state index >= 15 is 0 Å². The van der Waals surface area contributed by atoms with Crippen LogP contribution in [0.15, 0.2) is 24.3 Å². The molecule has 2 fully saturated rings. The predicted octanol–water partition coefficient (Wildman–Crippen LogP) is 1.98. The van der Waals surface area contributed by atoms with Gasteiger partial charge in [-0.05, 0) is 38.0 Å². The van der Waals surface area contributed by atoms with Gasteiger partial charge in [0.25, 0.3) is 0 Å². The van der Waals surface area contributed by atoms with Crippen LogP contribution in [0, 0.1) is 0 Å². The molecule has 0 bridgehead atoms. The summed E-state index contributed by atoms with van der Waals surface area (Å²) in [5.74, 6) is 0.0585.